The van der Waals surface area contributed by atoms with E-state index >= 15 is 0 Å². The lowest BCUT2D eigenvalue weighted by Crippen LogP contribution is -2.34. The minimum Gasteiger partial charge on any atom is -0.439 e. The zero-order valence-corrected chi connectivity index (χ0v) is 14.1. The Hall–Kier alpha value is -2.73. The third-order valence-electron chi connectivity index (χ3n) is 4.37. The number of aromatic nitrogens is 3. The predicted molar refractivity (Wildman–Crippen MR) is 93.5 cm³/mol. The Labute approximate surface area is 146 Å². The highest BCUT2D eigenvalue weighted by Gasteiger charge is 2.25. The molecule has 128 valence electrons. The van der Waals surface area contributed by atoms with Crippen molar-refractivity contribution in [1.82, 2.24) is 20.4 Å². The molecular formula is C19H20N4O2. The molecule has 0 unspecified atom stereocenters. The van der Waals surface area contributed by atoms with Crippen LogP contribution in [0.4, 0.5) is 0 Å². The van der Waals surface area contributed by atoms with Crippen molar-refractivity contribution in [2.75, 3.05) is 6.54 Å². The van der Waals surface area contributed by atoms with Gasteiger partial charge in [-0.15, -0.1) is 0 Å². The number of nitrogens with zero attached hydrogens (tertiary/aromatic N) is 3. The average molecular weight is 336 g/mol. The molecule has 1 fully saturated rings. The zero-order valence-electron chi connectivity index (χ0n) is 14.1. The molecular weight excluding hydrogens is 316 g/mol. The van der Waals surface area contributed by atoms with Gasteiger partial charge >= 0.3 is 0 Å². The van der Waals surface area contributed by atoms with Gasteiger partial charge in [0.25, 0.3) is 0 Å². The van der Waals surface area contributed by atoms with E-state index in [0.29, 0.717) is 29.6 Å². The number of nitrogens with one attached hydrogen (secondary N) is 1. The van der Waals surface area contributed by atoms with Crippen LogP contribution in [0.5, 0.6) is 11.6 Å². The van der Waals surface area contributed by atoms with E-state index in [1.165, 1.54) is 0 Å². The van der Waals surface area contributed by atoms with Gasteiger partial charge in [-0.05, 0) is 44.5 Å². The Morgan fingerprint density at radius 2 is 2.04 bits per heavy atom. The molecule has 1 aliphatic heterocycles. The second kappa shape index (κ2) is 7.03. The normalized spacial score (nSPS) is 20.4. The van der Waals surface area contributed by atoms with Crippen molar-refractivity contribution in [2.45, 2.75) is 31.7 Å². The number of ether oxygens (including phenoxy) is 1. The molecule has 0 spiro atoms. The van der Waals surface area contributed by atoms with Gasteiger partial charge in [-0.3, -0.25) is 0 Å². The fourth-order valence-electron chi connectivity index (χ4n) is 3.06. The van der Waals surface area contributed by atoms with Gasteiger partial charge in [0.15, 0.2) is 0 Å². The molecule has 25 heavy (non-hydrogen) atoms. The third-order valence-corrected chi connectivity index (χ3v) is 4.37. The van der Waals surface area contributed by atoms with Crippen LogP contribution in [0, 0.1) is 0 Å². The molecule has 0 saturated carbocycles. The molecule has 4 rings (SSSR count). The van der Waals surface area contributed by atoms with Crippen LogP contribution in [-0.2, 0) is 0 Å². The minimum absolute atomic E-state index is 0.325. The van der Waals surface area contributed by atoms with E-state index in [-0.39, 0.29) is 0 Å². The summed E-state index contributed by atoms with van der Waals surface area (Å²) in [5, 5.41) is 7.55. The van der Waals surface area contributed by atoms with E-state index in [0.717, 1.165) is 30.7 Å². The summed E-state index contributed by atoms with van der Waals surface area (Å²) >= 11 is 0. The first-order valence-corrected chi connectivity index (χ1v) is 8.54. The van der Waals surface area contributed by atoms with E-state index in [1.807, 2.05) is 42.5 Å². The molecule has 0 bridgehead atoms. The second-order valence-electron chi connectivity index (χ2n) is 6.33. The maximum atomic E-state index is 5.70. The van der Waals surface area contributed by atoms with Crippen LogP contribution in [0.1, 0.15) is 31.6 Å². The summed E-state index contributed by atoms with van der Waals surface area (Å²) in [7, 11) is 0. The van der Waals surface area contributed by atoms with Crippen LogP contribution in [0.3, 0.4) is 0 Å². The molecule has 6 heteroatoms. The predicted octanol–water partition coefficient (Wildman–Crippen LogP) is 3.78. The monoisotopic (exact) mass is 336 g/mol. The number of benzene rings is 1. The zero-order chi connectivity index (χ0) is 17.1. The summed E-state index contributed by atoms with van der Waals surface area (Å²) in [6, 6.07) is 13.8. The first-order chi connectivity index (χ1) is 12.3. The average Bonchev–Trinajstić information content (AvgIpc) is 3.13. The highest BCUT2D eigenvalue weighted by Crippen LogP contribution is 2.28. The van der Waals surface area contributed by atoms with Gasteiger partial charge in [0.1, 0.15) is 5.75 Å². The molecule has 3 heterocycles. The summed E-state index contributed by atoms with van der Waals surface area (Å²) in [5.41, 5.74) is 0.817. The Morgan fingerprint density at radius 3 is 2.80 bits per heavy atom. The van der Waals surface area contributed by atoms with Crippen LogP contribution in [0.15, 0.2) is 53.2 Å². The maximum absolute atomic E-state index is 5.70. The standard InChI is InChI=1S/C19H20N4O2/c1-13-11-14(9-10-20-13)19-22-18(23-25-19)15-7-8-17(21-12-15)24-16-5-3-2-4-6-16/h2-8,12-14,20H,9-11H2,1H3/t13-,14-/m0/s1. The molecule has 1 N–H and O–H groups in total. The SMILES string of the molecule is C[C@H]1C[C@@H](c2nc(-c3ccc(Oc4ccccc4)nc3)no2)CCN1. The summed E-state index contributed by atoms with van der Waals surface area (Å²) in [4.78, 5) is 8.90. The van der Waals surface area contributed by atoms with Gasteiger partial charge in [0.2, 0.25) is 17.6 Å². The van der Waals surface area contributed by atoms with Gasteiger partial charge in [-0.25, -0.2) is 4.98 Å². The van der Waals surface area contributed by atoms with Gasteiger partial charge in [0, 0.05) is 29.8 Å². The van der Waals surface area contributed by atoms with Crippen molar-refractivity contribution in [3.8, 4) is 23.0 Å². The molecule has 3 aromatic rings. The third kappa shape index (κ3) is 3.69. The minimum atomic E-state index is 0.325. The van der Waals surface area contributed by atoms with Crippen LogP contribution in [0.2, 0.25) is 0 Å². The first kappa shape index (κ1) is 15.8. The molecule has 6 nitrogen and oxygen atoms in total. The Balaban J connectivity index is 1.47. The Morgan fingerprint density at radius 1 is 1.16 bits per heavy atom. The summed E-state index contributed by atoms with van der Waals surface area (Å²) in [6.07, 6.45) is 3.75. The molecule has 2 aromatic heterocycles. The fraction of sp³-hybridized carbons (Fsp3) is 0.316. The van der Waals surface area contributed by atoms with Crippen LogP contribution < -0.4 is 10.1 Å². The van der Waals surface area contributed by atoms with Gasteiger partial charge in [-0.2, -0.15) is 4.98 Å². The molecule has 0 aliphatic carbocycles. The molecule has 0 amide bonds. The van der Waals surface area contributed by atoms with Crippen molar-refractivity contribution < 1.29 is 9.26 Å². The van der Waals surface area contributed by atoms with Gasteiger partial charge in [0.05, 0.1) is 0 Å². The van der Waals surface area contributed by atoms with Crippen LogP contribution in [-0.4, -0.2) is 27.7 Å². The first-order valence-electron chi connectivity index (χ1n) is 8.54. The second-order valence-corrected chi connectivity index (χ2v) is 6.33. The van der Waals surface area contributed by atoms with E-state index in [1.54, 1.807) is 6.20 Å². The smallest absolute Gasteiger partial charge is 0.230 e. The van der Waals surface area contributed by atoms with E-state index in [4.69, 9.17) is 9.26 Å². The molecule has 1 aromatic carbocycles. The van der Waals surface area contributed by atoms with E-state index < -0.39 is 0 Å². The van der Waals surface area contributed by atoms with Crippen molar-refractivity contribution in [3.63, 3.8) is 0 Å². The number of rotatable bonds is 4. The molecule has 2 atom stereocenters. The van der Waals surface area contributed by atoms with E-state index in [2.05, 4.69) is 27.4 Å². The fourth-order valence-corrected chi connectivity index (χ4v) is 3.06. The Bertz CT molecular complexity index is 817. The number of pyridine rings is 1. The lowest BCUT2D eigenvalue weighted by Gasteiger charge is -2.25. The number of para-hydroxylation sites is 1. The van der Waals surface area contributed by atoms with Crippen molar-refractivity contribution in [2.24, 2.45) is 0 Å². The highest BCUT2D eigenvalue weighted by molar-refractivity contribution is 5.53. The van der Waals surface area contributed by atoms with Gasteiger partial charge < -0.3 is 14.6 Å². The van der Waals surface area contributed by atoms with Crippen molar-refractivity contribution >= 4 is 0 Å². The molecule has 0 radical (unpaired) electrons. The van der Waals surface area contributed by atoms with Gasteiger partial charge in [-0.1, -0.05) is 23.4 Å². The summed E-state index contributed by atoms with van der Waals surface area (Å²) < 4.78 is 11.2. The van der Waals surface area contributed by atoms with Crippen LogP contribution in [0.25, 0.3) is 11.4 Å². The Kier molecular flexibility index (Phi) is 4.43. The quantitative estimate of drug-likeness (QED) is 0.781. The highest BCUT2D eigenvalue weighted by atomic mass is 16.5. The molecule has 1 saturated heterocycles. The topological polar surface area (TPSA) is 73.1 Å². The lowest BCUT2D eigenvalue weighted by atomic mass is 9.93. The summed E-state index contributed by atoms with van der Waals surface area (Å²) in [5.74, 6) is 2.90. The summed E-state index contributed by atoms with van der Waals surface area (Å²) in [6.45, 7) is 3.16. The van der Waals surface area contributed by atoms with Crippen molar-refractivity contribution in [1.29, 1.82) is 0 Å². The van der Waals surface area contributed by atoms with Crippen LogP contribution >= 0.6 is 0 Å². The number of hydrogen-bond acceptors (Lipinski definition) is 6. The largest absolute Gasteiger partial charge is 0.439 e. The maximum Gasteiger partial charge on any atom is 0.230 e. The molecule has 1 aliphatic rings. The van der Waals surface area contributed by atoms with Crippen molar-refractivity contribution in [3.05, 3.63) is 54.6 Å². The number of hydrogen-bond donors (Lipinski definition) is 1. The van der Waals surface area contributed by atoms with E-state index in [9.17, 15) is 0 Å². The lowest BCUT2D eigenvalue weighted by molar-refractivity contribution is 0.295. The number of piperidine rings is 1.